The summed E-state index contributed by atoms with van der Waals surface area (Å²) in [5.74, 6) is 0.322. The fraction of sp³-hybridized carbons (Fsp3) is 0.294. The van der Waals surface area contributed by atoms with E-state index in [4.69, 9.17) is 0 Å². The van der Waals surface area contributed by atoms with Gasteiger partial charge in [0.15, 0.2) is 0 Å². The van der Waals surface area contributed by atoms with Crippen molar-refractivity contribution in [3.05, 3.63) is 64.7 Å². The van der Waals surface area contributed by atoms with Gasteiger partial charge in [-0.15, -0.1) is 0 Å². The third-order valence-corrected chi connectivity index (χ3v) is 3.89. The van der Waals surface area contributed by atoms with Crippen LogP contribution >= 0.6 is 0 Å². The Kier molecular flexibility index (Phi) is 3.60. The number of nitrogens with zero attached hydrogens (tertiary/aromatic N) is 2. The smallest absolute Gasteiger partial charge is 0.291 e. The zero-order chi connectivity index (χ0) is 14.8. The van der Waals surface area contributed by atoms with Gasteiger partial charge in [-0.2, -0.15) is 5.10 Å². The lowest BCUT2D eigenvalue weighted by atomic mass is 9.96. The number of benzene rings is 1. The molecule has 3 rings (SSSR count). The Labute approximate surface area is 123 Å². The summed E-state index contributed by atoms with van der Waals surface area (Å²) in [5, 5.41) is 5.24. The SMILES string of the molecule is CC(C)C(Cc1ccccc1)n1ncc2cc[nH]c2c1=O. The van der Waals surface area contributed by atoms with E-state index in [-0.39, 0.29) is 11.6 Å². The van der Waals surface area contributed by atoms with Crippen LogP contribution in [0.3, 0.4) is 0 Å². The van der Waals surface area contributed by atoms with Gasteiger partial charge in [-0.3, -0.25) is 4.79 Å². The Balaban J connectivity index is 2.03. The highest BCUT2D eigenvalue weighted by atomic mass is 16.1. The molecule has 1 aromatic carbocycles. The van der Waals surface area contributed by atoms with Crippen LogP contribution in [0.1, 0.15) is 25.5 Å². The van der Waals surface area contributed by atoms with Gasteiger partial charge in [0, 0.05) is 11.6 Å². The second-order valence-electron chi connectivity index (χ2n) is 5.70. The number of rotatable bonds is 4. The first kappa shape index (κ1) is 13.6. The van der Waals surface area contributed by atoms with Gasteiger partial charge in [-0.05, 0) is 24.0 Å². The quantitative estimate of drug-likeness (QED) is 0.798. The van der Waals surface area contributed by atoms with Crippen LogP contribution in [0.4, 0.5) is 0 Å². The number of fused-ring (bicyclic) bond motifs is 1. The topological polar surface area (TPSA) is 50.7 Å². The number of hydrogen-bond acceptors (Lipinski definition) is 2. The normalized spacial score (nSPS) is 12.9. The van der Waals surface area contributed by atoms with Crippen molar-refractivity contribution in [1.82, 2.24) is 14.8 Å². The molecule has 0 aliphatic heterocycles. The molecule has 2 aromatic heterocycles. The number of aromatic nitrogens is 3. The highest BCUT2D eigenvalue weighted by Crippen LogP contribution is 2.21. The standard InChI is InChI=1S/C17H19N3O/c1-12(2)15(10-13-6-4-3-5-7-13)20-17(21)16-14(11-19-20)8-9-18-16/h3-9,11-12,15,18H,10H2,1-2H3. The molecule has 0 amide bonds. The Morgan fingerprint density at radius 1 is 1.19 bits per heavy atom. The molecule has 0 aliphatic rings. The maximum absolute atomic E-state index is 12.6. The van der Waals surface area contributed by atoms with Gasteiger partial charge in [-0.25, -0.2) is 4.68 Å². The summed E-state index contributed by atoms with van der Waals surface area (Å²) in [7, 11) is 0. The molecule has 4 heteroatoms. The summed E-state index contributed by atoms with van der Waals surface area (Å²) in [6.45, 7) is 4.25. The van der Waals surface area contributed by atoms with Crippen molar-refractivity contribution in [1.29, 1.82) is 0 Å². The molecule has 108 valence electrons. The molecule has 2 heterocycles. The Morgan fingerprint density at radius 2 is 1.95 bits per heavy atom. The molecule has 1 N–H and O–H groups in total. The second-order valence-corrected chi connectivity index (χ2v) is 5.70. The van der Waals surface area contributed by atoms with E-state index in [1.54, 1.807) is 17.1 Å². The molecular weight excluding hydrogens is 262 g/mol. The van der Waals surface area contributed by atoms with E-state index in [1.165, 1.54) is 5.56 Å². The average molecular weight is 281 g/mol. The summed E-state index contributed by atoms with van der Waals surface area (Å²) < 4.78 is 1.62. The minimum absolute atomic E-state index is 0.0487. The monoisotopic (exact) mass is 281 g/mol. The van der Waals surface area contributed by atoms with Crippen molar-refractivity contribution in [2.75, 3.05) is 0 Å². The van der Waals surface area contributed by atoms with E-state index >= 15 is 0 Å². The van der Waals surface area contributed by atoms with Crippen molar-refractivity contribution < 1.29 is 0 Å². The van der Waals surface area contributed by atoms with Crippen molar-refractivity contribution >= 4 is 10.9 Å². The molecule has 0 saturated carbocycles. The van der Waals surface area contributed by atoms with E-state index in [0.29, 0.717) is 11.4 Å². The molecule has 0 bridgehead atoms. The van der Waals surface area contributed by atoms with Gasteiger partial charge in [0.2, 0.25) is 0 Å². The number of nitrogens with one attached hydrogen (secondary N) is 1. The van der Waals surface area contributed by atoms with Crippen LogP contribution in [0, 0.1) is 5.92 Å². The Bertz CT molecular complexity index is 786. The first-order chi connectivity index (χ1) is 10.2. The average Bonchev–Trinajstić information content (AvgIpc) is 2.96. The van der Waals surface area contributed by atoms with Gasteiger partial charge >= 0.3 is 0 Å². The lowest BCUT2D eigenvalue weighted by Crippen LogP contribution is -2.31. The highest BCUT2D eigenvalue weighted by Gasteiger charge is 2.19. The number of H-pyrrole nitrogens is 1. The molecule has 0 aliphatic carbocycles. The van der Waals surface area contributed by atoms with Crippen LogP contribution in [0.5, 0.6) is 0 Å². The van der Waals surface area contributed by atoms with Gasteiger partial charge in [0.05, 0.1) is 12.2 Å². The minimum atomic E-state index is -0.0490. The lowest BCUT2D eigenvalue weighted by molar-refractivity contribution is 0.332. The molecule has 1 unspecified atom stereocenters. The molecule has 4 nitrogen and oxygen atoms in total. The van der Waals surface area contributed by atoms with E-state index in [1.807, 2.05) is 24.3 Å². The molecule has 0 spiro atoms. The van der Waals surface area contributed by atoms with Crippen molar-refractivity contribution in [2.24, 2.45) is 5.92 Å². The van der Waals surface area contributed by atoms with Gasteiger partial charge in [-0.1, -0.05) is 44.2 Å². The Hall–Kier alpha value is -2.36. The zero-order valence-electron chi connectivity index (χ0n) is 12.3. The fourth-order valence-corrected chi connectivity index (χ4v) is 2.66. The Morgan fingerprint density at radius 3 is 2.67 bits per heavy atom. The van der Waals surface area contributed by atoms with Crippen molar-refractivity contribution in [2.45, 2.75) is 26.3 Å². The first-order valence-electron chi connectivity index (χ1n) is 7.25. The summed E-state index contributed by atoms with van der Waals surface area (Å²) in [4.78, 5) is 15.6. The molecule has 1 atom stereocenters. The first-order valence-corrected chi connectivity index (χ1v) is 7.25. The maximum Gasteiger partial charge on any atom is 0.291 e. The van der Waals surface area contributed by atoms with Gasteiger partial charge < -0.3 is 4.98 Å². The van der Waals surface area contributed by atoms with Gasteiger partial charge in [0.1, 0.15) is 5.52 Å². The minimum Gasteiger partial charge on any atom is -0.357 e. The fourth-order valence-electron chi connectivity index (χ4n) is 2.66. The van der Waals surface area contributed by atoms with Crippen LogP contribution in [-0.2, 0) is 6.42 Å². The molecular formula is C17H19N3O. The molecule has 3 aromatic rings. The lowest BCUT2D eigenvalue weighted by Gasteiger charge is -2.22. The second kappa shape index (κ2) is 5.56. The molecule has 0 saturated heterocycles. The highest BCUT2D eigenvalue weighted by molar-refractivity contribution is 5.76. The zero-order valence-corrected chi connectivity index (χ0v) is 12.3. The summed E-state index contributed by atoms with van der Waals surface area (Å²) in [5.41, 5.74) is 1.80. The predicted molar refractivity (Wildman–Crippen MR) is 84.4 cm³/mol. The summed E-state index contributed by atoms with van der Waals surface area (Å²) >= 11 is 0. The van der Waals surface area contributed by atoms with Crippen molar-refractivity contribution in [3.63, 3.8) is 0 Å². The van der Waals surface area contributed by atoms with Crippen molar-refractivity contribution in [3.8, 4) is 0 Å². The predicted octanol–water partition coefficient (Wildman–Crippen LogP) is 3.16. The van der Waals surface area contributed by atoms with Crippen LogP contribution in [0.25, 0.3) is 10.9 Å². The maximum atomic E-state index is 12.6. The summed E-state index contributed by atoms with van der Waals surface area (Å²) in [6.07, 6.45) is 4.34. The van der Waals surface area contributed by atoms with E-state index in [0.717, 1.165) is 11.8 Å². The largest absolute Gasteiger partial charge is 0.357 e. The van der Waals surface area contributed by atoms with E-state index in [9.17, 15) is 4.79 Å². The van der Waals surface area contributed by atoms with E-state index < -0.39 is 0 Å². The molecule has 0 radical (unpaired) electrons. The number of hydrogen-bond donors (Lipinski definition) is 1. The van der Waals surface area contributed by atoms with E-state index in [2.05, 4.69) is 36.1 Å². The number of aromatic amines is 1. The van der Waals surface area contributed by atoms with Gasteiger partial charge in [0.25, 0.3) is 5.56 Å². The summed E-state index contributed by atoms with van der Waals surface area (Å²) in [6, 6.07) is 12.2. The van der Waals surface area contributed by atoms with Crippen LogP contribution < -0.4 is 5.56 Å². The van der Waals surface area contributed by atoms with Crippen LogP contribution in [0.15, 0.2) is 53.6 Å². The molecule has 0 fully saturated rings. The third kappa shape index (κ3) is 2.61. The third-order valence-electron chi connectivity index (χ3n) is 3.89. The van der Waals surface area contributed by atoms with Crippen LogP contribution in [0.2, 0.25) is 0 Å². The molecule has 21 heavy (non-hydrogen) atoms. The van der Waals surface area contributed by atoms with Crippen LogP contribution in [-0.4, -0.2) is 14.8 Å².